The Morgan fingerprint density at radius 1 is 1.32 bits per heavy atom. The van der Waals surface area contributed by atoms with Gasteiger partial charge >= 0.3 is 0 Å². The number of rotatable bonds is 5. The number of amides is 1. The number of carbonyl (C=O) groups excluding carboxylic acids is 1. The number of carbonyl (C=O) groups is 1. The Morgan fingerprint density at radius 2 is 1.95 bits per heavy atom. The molecule has 0 saturated carbocycles. The second-order valence-electron chi connectivity index (χ2n) is 5.77. The van der Waals surface area contributed by atoms with E-state index in [-0.39, 0.29) is 5.91 Å². The number of benzene rings is 1. The largest absolute Gasteiger partial charge is 0.388 e. The third-order valence-corrected chi connectivity index (χ3v) is 3.46. The van der Waals surface area contributed by atoms with Crippen LogP contribution in [0.4, 0.5) is 0 Å². The third kappa shape index (κ3) is 4.04. The van der Waals surface area contributed by atoms with Crippen LogP contribution in [-0.4, -0.2) is 29.3 Å². The van der Waals surface area contributed by atoms with Gasteiger partial charge in [0.05, 0.1) is 17.7 Å². The first-order valence-corrected chi connectivity index (χ1v) is 6.30. The summed E-state index contributed by atoms with van der Waals surface area (Å²) in [7, 11) is 1.62. The molecule has 0 unspecified atom stereocenters. The van der Waals surface area contributed by atoms with Gasteiger partial charge in [-0.15, -0.1) is 0 Å². The van der Waals surface area contributed by atoms with Gasteiger partial charge in [-0.3, -0.25) is 4.79 Å². The topological polar surface area (TPSA) is 58.6 Å². The van der Waals surface area contributed by atoms with E-state index in [4.69, 9.17) is 4.74 Å². The summed E-state index contributed by atoms with van der Waals surface area (Å²) in [5.74, 6) is -0.204. The lowest BCUT2D eigenvalue weighted by Crippen LogP contribution is -2.57. The van der Waals surface area contributed by atoms with Crippen LogP contribution in [0.5, 0.6) is 0 Å². The molecule has 0 aliphatic heterocycles. The van der Waals surface area contributed by atoms with E-state index in [1.165, 1.54) is 0 Å². The summed E-state index contributed by atoms with van der Waals surface area (Å²) in [6.45, 7) is 7.41. The molecule has 0 aliphatic rings. The third-order valence-electron chi connectivity index (χ3n) is 3.46. The van der Waals surface area contributed by atoms with Gasteiger partial charge in [-0.25, -0.2) is 0 Å². The fraction of sp³-hybridized carbons (Fsp3) is 0.533. The monoisotopic (exact) mass is 265 g/mol. The first kappa shape index (κ1) is 15.7. The zero-order valence-corrected chi connectivity index (χ0v) is 12.3. The molecule has 19 heavy (non-hydrogen) atoms. The predicted molar refractivity (Wildman–Crippen MR) is 75.0 cm³/mol. The molecule has 1 aromatic rings. The lowest BCUT2D eigenvalue weighted by Gasteiger charge is -2.38. The maximum absolute atomic E-state index is 12.2. The molecule has 4 nitrogen and oxygen atoms in total. The molecular weight excluding hydrogens is 242 g/mol. The average molecular weight is 265 g/mol. The zero-order chi connectivity index (χ0) is 14.7. The molecule has 0 atom stereocenters. The van der Waals surface area contributed by atoms with Crippen LogP contribution in [0.2, 0.25) is 0 Å². The van der Waals surface area contributed by atoms with Gasteiger partial charge in [0.15, 0.2) is 0 Å². The van der Waals surface area contributed by atoms with Gasteiger partial charge in [0.25, 0.3) is 5.91 Å². The summed E-state index contributed by atoms with van der Waals surface area (Å²) in [6, 6.07) is 7.26. The highest BCUT2D eigenvalue weighted by atomic mass is 16.5. The van der Waals surface area contributed by atoms with Crippen molar-refractivity contribution in [2.75, 3.05) is 7.11 Å². The van der Waals surface area contributed by atoms with Crippen molar-refractivity contribution < 1.29 is 14.6 Å². The molecule has 1 rings (SSSR count). The maximum atomic E-state index is 12.2. The van der Waals surface area contributed by atoms with Crippen LogP contribution in [0.3, 0.4) is 0 Å². The Hall–Kier alpha value is -1.39. The number of hydrogen-bond acceptors (Lipinski definition) is 3. The fourth-order valence-corrected chi connectivity index (χ4v) is 1.48. The van der Waals surface area contributed by atoms with Gasteiger partial charge in [0.2, 0.25) is 0 Å². The quantitative estimate of drug-likeness (QED) is 0.857. The molecule has 0 aromatic heterocycles. The molecule has 4 heteroatoms. The number of ether oxygens (including phenoxy) is 1. The van der Waals surface area contributed by atoms with Crippen LogP contribution in [0, 0.1) is 0 Å². The summed E-state index contributed by atoms with van der Waals surface area (Å²) in [6.07, 6.45) is 0. The Kier molecular flexibility index (Phi) is 4.71. The van der Waals surface area contributed by atoms with Gasteiger partial charge < -0.3 is 15.2 Å². The minimum Gasteiger partial charge on any atom is -0.388 e. The molecular formula is C15H23NO3. The lowest BCUT2D eigenvalue weighted by molar-refractivity contribution is -0.00293. The van der Waals surface area contributed by atoms with Gasteiger partial charge in [0.1, 0.15) is 0 Å². The van der Waals surface area contributed by atoms with E-state index >= 15 is 0 Å². The first-order valence-electron chi connectivity index (χ1n) is 6.30. The van der Waals surface area contributed by atoms with Crippen LogP contribution in [0.1, 0.15) is 43.6 Å². The zero-order valence-electron chi connectivity index (χ0n) is 12.3. The van der Waals surface area contributed by atoms with Crippen molar-refractivity contribution in [2.45, 2.75) is 45.4 Å². The highest BCUT2D eigenvalue weighted by molar-refractivity contribution is 5.94. The van der Waals surface area contributed by atoms with Crippen molar-refractivity contribution in [2.24, 2.45) is 0 Å². The molecule has 0 aliphatic carbocycles. The van der Waals surface area contributed by atoms with Crippen molar-refractivity contribution in [3.8, 4) is 0 Å². The Balaban J connectivity index is 2.87. The Labute approximate surface area is 114 Å². The summed E-state index contributed by atoms with van der Waals surface area (Å²) in [5.41, 5.74) is -0.225. The number of aliphatic hydroxyl groups is 1. The molecule has 0 heterocycles. The molecule has 0 spiro atoms. The average Bonchev–Trinajstić information content (AvgIpc) is 2.27. The molecule has 0 radical (unpaired) electrons. The molecule has 1 amide bonds. The second-order valence-corrected chi connectivity index (χ2v) is 5.77. The van der Waals surface area contributed by atoms with E-state index in [0.29, 0.717) is 12.2 Å². The van der Waals surface area contributed by atoms with Crippen LogP contribution in [-0.2, 0) is 11.3 Å². The summed E-state index contributed by atoms with van der Waals surface area (Å²) in [5, 5.41) is 12.9. The first-order chi connectivity index (χ1) is 8.67. The van der Waals surface area contributed by atoms with Crippen LogP contribution in [0.25, 0.3) is 0 Å². The highest BCUT2D eigenvalue weighted by Crippen LogP contribution is 2.21. The smallest absolute Gasteiger partial charge is 0.251 e. The second kappa shape index (κ2) is 5.72. The van der Waals surface area contributed by atoms with Crippen molar-refractivity contribution in [1.82, 2.24) is 5.32 Å². The van der Waals surface area contributed by atoms with Crippen LogP contribution < -0.4 is 5.32 Å². The Bertz CT molecular complexity index is 447. The molecule has 0 bridgehead atoms. The van der Waals surface area contributed by atoms with Gasteiger partial charge in [0, 0.05) is 12.7 Å². The fourth-order valence-electron chi connectivity index (χ4n) is 1.48. The Morgan fingerprint density at radius 3 is 2.47 bits per heavy atom. The van der Waals surface area contributed by atoms with Crippen molar-refractivity contribution in [3.05, 3.63) is 35.4 Å². The summed E-state index contributed by atoms with van der Waals surface area (Å²) >= 11 is 0. The van der Waals surface area contributed by atoms with Crippen LogP contribution in [0.15, 0.2) is 24.3 Å². The minimum absolute atomic E-state index is 0.204. The molecule has 0 saturated heterocycles. The van der Waals surface area contributed by atoms with Crippen molar-refractivity contribution in [1.29, 1.82) is 0 Å². The molecule has 0 fully saturated rings. The van der Waals surface area contributed by atoms with E-state index < -0.39 is 11.1 Å². The van der Waals surface area contributed by atoms with E-state index in [1.54, 1.807) is 46.9 Å². The number of nitrogens with one attached hydrogen (secondary N) is 1. The van der Waals surface area contributed by atoms with Crippen molar-refractivity contribution in [3.63, 3.8) is 0 Å². The van der Waals surface area contributed by atoms with E-state index in [0.717, 1.165) is 5.56 Å². The summed E-state index contributed by atoms with van der Waals surface area (Å²) in [4.78, 5) is 12.2. The van der Waals surface area contributed by atoms with Gasteiger partial charge in [-0.05, 0) is 45.4 Å². The maximum Gasteiger partial charge on any atom is 0.251 e. The lowest BCUT2D eigenvalue weighted by atomic mass is 9.85. The van der Waals surface area contributed by atoms with Gasteiger partial charge in [-0.2, -0.15) is 0 Å². The number of hydrogen-bond donors (Lipinski definition) is 2. The normalized spacial score (nSPS) is 12.3. The van der Waals surface area contributed by atoms with Crippen molar-refractivity contribution >= 4 is 5.91 Å². The molecule has 1 aromatic carbocycles. The number of methoxy groups -OCH3 is 1. The predicted octanol–water partition coefficient (Wildman–Crippen LogP) is 2.11. The molecule has 2 N–H and O–H groups in total. The SMILES string of the molecule is COCc1cccc(C(=O)NC(C)(C)C(C)(C)O)c1. The van der Waals surface area contributed by atoms with E-state index in [9.17, 15) is 9.90 Å². The minimum atomic E-state index is -1.01. The standard InChI is InChI=1S/C15H23NO3/c1-14(2,15(3,4)18)16-13(17)12-8-6-7-11(9-12)10-19-5/h6-9,18H,10H2,1-5H3,(H,16,17). The van der Waals surface area contributed by atoms with Crippen LogP contribution >= 0.6 is 0 Å². The van der Waals surface area contributed by atoms with E-state index in [1.807, 2.05) is 12.1 Å². The molecule has 106 valence electrons. The summed E-state index contributed by atoms with van der Waals surface area (Å²) < 4.78 is 5.05. The van der Waals surface area contributed by atoms with E-state index in [2.05, 4.69) is 5.32 Å². The van der Waals surface area contributed by atoms with Gasteiger partial charge in [-0.1, -0.05) is 12.1 Å². The highest BCUT2D eigenvalue weighted by Gasteiger charge is 2.36.